The predicted octanol–water partition coefficient (Wildman–Crippen LogP) is 3.14. The second-order valence-electron chi connectivity index (χ2n) is 5.51. The van der Waals surface area contributed by atoms with Gasteiger partial charge in [0.05, 0.1) is 4.47 Å². The fourth-order valence-electron chi connectivity index (χ4n) is 1.76. The number of benzene rings is 1. The normalized spacial score (nSPS) is 10.8. The van der Waals surface area contributed by atoms with E-state index in [0.29, 0.717) is 22.9 Å². The molecule has 1 aromatic carbocycles. The standard InChI is InChI=1S/C15H20BrN5O/c1-9(2)13-18-14(20-15(19-13)21(3)4)17-8-10-5-6-12(22)11(16)7-10/h5-7,9,22H,8H2,1-4H3,(H,17,18,19,20). The lowest BCUT2D eigenvalue weighted by Crippen LogP contribution is -2.17. The SMILES string of the molecule is CC(C)c1nc(NCc2ccc(O)c(Br)c2)nc(N(C)C)n1. The van der Waals surface area contributed by atoms with E-state index in [-0.39, 0.29) is 11.7 Å². The Balaban J connectivity index is 2.19. The summed E-state index contributed by atoms with van der Waals surface area (Å²) in [5, 5.41) is 12.7. The van der Waals surface area contributed by atoms with Gasteiger partial charge in [-0.05, 0) is 33.6 Å². The molecule has 2 rings (SSSR count). The first-order valence-electron chi connectivity index (χ1n) is 7.01. The van der Waals surface area contributed by atoms with Gasteiger partial charge in [-0.15, -0.1) is 0 Å². The van der Waals surface area contributed by atoms with Gasteiger partial charge in [-0.1, -0.05) is 19.9 Å². The fourth-order valence-corrected chi connectivity index (χ4v) is 2.19. The quantitative estimate of drug-likeness (QED) is 0.847. The van der Waals surface area contributed by atoms with Crippen LogP contribution in [0.4, 0.5) is 11.9 Å². The van der Waals surface area contributed by atoms with E-state index in [4.69, 9.17) is 0 Å². The molecule has 2 aromatic rings. The van der Waals surface area contributed by atoms with Crippen molar-refractivity contribution < 1.29 is 5.11 Å². The van der Waals surface area contributed by atoms with Gasteiger partial charge in [0.2, 0.25) is 11.9 Å². The number of hydrogen-bond donors (Lipinski definition) is 2. The van der Waals surface area contributed by atoms with Crippen LogP contribution in [0.1, 0.15) is 31.2 Å². The van der Waals surface area contributed by atoms with Gasteiger partial charge >= 0.3 is 0 Å². The van der Waals surface area contributed by atoms with Gasteiger partial charge in [-0.25, -0.2) is 0 Å². The maximum atomic E-state index is 9.52. The van der Waals surface area contributed by atoms with E-state index < -0.39 is 0 Å². The molecule has 0 radical (unpaired) electrons. The van der Waals surface area contributed by atoms with Crippen LogP contribution in [0.5, 0.6) is 5.75 Å². The highest BCUT2D eigenvalue weighted by atomic mass is 79.9. The summed E-state index contributed by atoms with van der Waals surface area (Å²) in [7, 11) is 3.81. The van der Waals surface area contributed by atoms with Crippen LogP contribution < -0.4 is 10.2 Å². The zero-order valence-corrected chi connectivity index (χ0v) is 14.7. The van der Waals surface area contributed by atoms with E-state index in [9.17, 15) is 5.11 Å². The highest BCUT2D eigenvalue weighted by Crippen LogP contribution is 2.24. The van der Waals surface area contributed by atoms with Crippen molar-refractivity contribution in [1.82, 2.24) is 15.0 Å². The summed E-state index contributed by atoms with van der Waals surface area (Å²) in [4.78, 5) is 15.1. The van der Waals surface area contributed by atoms with Crippen molar-refractivity contribution in [3.8, 4) is 5.75 Å². The topological polar surface area (TPSA) is 74.2 Å². The molecule has 118 valence electrons. The Morgan fingerprint density at radius 2 is 1.95 bits per heavy atom. The Hall–Kier alpha value is -1.89. The van der Waals surface area contributed by atoms with E-state index >= 15 is 0 Å². The monoisotopic (exact) mass is 365 g/mol. The largest absolute Gasteiger partial charge is 0.507 e. The highest BCUT2D eigenvalue weighted by molar-refractivity contribution is 9.10. The number of phenols is 1. The van der Waals surface area contributed by atoms with Gasteiger partial charge in [0.15, 0.2) is 0 Å². The van der Waals surface area contributed by atoms with Crippen LogP contribution in [0.2, 0.25) is 0 Å². The minimum absolute atomic E-state index is 0.223. The number of hydrogen-bond acceptors (Lipinski definition) is 6. The molecule has 6 nitrogen and oxygen atoms in total. The number of phenolic OH excluding ortho intramolecular Hbond substituents is 1. The lowest BCUT2D eigenvalue weighted by molar-refractivity contribution is 0.471. The fraction of sp³-hybridized carbons (Fsp3) is 0.400. The average Bonchev–Trinajstić information content (AvgIpc) is 2.48. The van der Waals surface area contributed by atoms with Gasteiger partial charge < -0.3 is 15.3 Å². The molecule has 2 N–H and O–H groups in total. The summed E-state index contributed by atoms with van der Waals surface area (Å²) in [5.74, 6) is 2.39. The van der Waals surface area contributed by atoms with Crippen LogP contribution >= 0.6 is 15.9 Å². The van der Waals surface area contributed by atoms with Crippen LogP contribution in [0.25, 0.3) is 0 Å². The van der Waals surface area contributed by atoms with Crippen molar-refractivity contribution in [3.05, 3.63) is 34.1 Å². The van der Waals surface area contributed by atoms with Crippen molar-refractivity contribution in [2.24, 2.45) is 0 Å². The van der Waals surface area contributed by atoms with Gasteiger partial charge in [0, 0.05) is 26.6 Å². The molecule has 22 heavy (non-hydrogen) atoms. The summed E-state index contributed by atoms with van der Waals surface area (Å²) in [6.07, 6.45) is 0. The van der Waals surface area contributed by atoms with E-state index in [1.165, 1.54) is 0 Å². The Kier molecular flexibility index (Phi) is 5.18. The second-order valence-corrected chi connectivity index (χ2v) is 6.36. The number of aromatic hydroxyl groups is 1. The average molecular weight is 366 g/mol. The molecule has 0 spiro atoms. The van der Waals surface area contributed by atoms with Gasteiger partial charge in [0.25, 0.3) is 0 Å². The second kappa shape index (κ2) is 6.91. The van der Waals surface area contributed by atoms with Crippen molar-refractivity contribution in [2.45, 2.75) is 26.3 Å². The Bertz CT molecular complexity index is 634. The maximum absolute atomic E-state index is 9.52. The molecule has 0 aliphatic rings. The molecule has 7 heteroatoms. The van der Waals surface area contributed by atoms with Crippen LogP contribution in [-0.2, 0) is 6.54 Å². The number of nitrogens with one attached hydrogen (secondary N) is 1. The maximum Gasteiger partial charge on any atom is 0.229 e. The summed E-state index contributed by atoms with van der Waals surface area (Å²) in [6.45, 7) is 4.67. The van der Waals surface area contributed by atoms with E-state index in [2.05, 4.69) is 50.0 Å². The Morgan fingerprint density at radius 3 is 2.55 bits per heavy atom. The molecule has 0 saturated heterocycles. The van der Waals surface area contributed by atoms with E-state index in [1.807, 2.05) is 31.1 Å². The number of anilines is 2. The molecule has 0 aliphatic heterocycles. The summed E-state index contributed by atoms with van der Waals surface area (Å²) in [6, 6.07) is 5.36. The lowest BCUT2D eigenvalue weighted by atomic mass is 10.2. The minimum Gasteiger partial charge on any atom is -0.507 e. The number of rotatable bonds is 5. The Morgan fingerprint density at radius 1 is 1.23 bits per heavy atom. The molecule has 0 amide bonds. The molecule has 1 heterocycles. The summed E-state index contributed by atoms with van der Waals surface area (Å²) >= 11 is 3.31. The molecule has 0 aliphatic carbocycles. The van der Waals surface area contributed by atoms with Gasteiger partial charge in [-0.3, -0.25) is 0 Å². The number of halogens is 1. The zero-order chi connectivity index (χ0) is 16.3. The smallest absolute Gasteiger partial charge is 0.229 e. The van der Waals surface area contributed by atoms with Crippen LogP contribution in [0, 0.1) is 0 Å². The molecule has 1 aromatic heterocycles. The third-order valence-electron chi connectivity index (χ3n) is 3.02. The molecule has 0 fully saturated rings. The summed E-state index contributed by atoms with van der Waals surface area (Å²) < 4.78 is 0.666. The van der Waals surface area contributed by atoms with Crippen molar-refractivity contribution in [1.29, 1.82) is 0 Å². The molecule has 0 unspecified atom stereocenters. The summed E-state index contributed by atoms with van der Waals surface area (Å²) in [5.41, 5.74) is 1.02. The third kappa shape index (κ3) is 4.07. The lowest BCUT2D eigenvalue weighted by Gasteiger charge is -2.15. The van der Waals surface area contributed by atoms with Crippen molar-refractivity contribution in [3.63, 3.8) is 0 Å². The number of nitrogens with zero attached hydrogens (tertiary/aromatic N) is 4. The first-order chi connectivity index (χ1) is 10.4. The first-order valence-corrected chi connectivity index (χ1v) is 7.80. The van der Waals surface area contributed by atoms with E-state index in [0.717, 1.165) is 11.4 Å². The zero-order valence-electron chi connectivity index (χ0n) is 13.1. The molecule has 0 atom stereocenters. The number of aromatic nitrogens is 3. The highest BCUT2D eigenvalue weighted by Gasteiger charge is 2.11. The van der Waals surface area contributed by atoms with Gasteiger partial charge in [0.1, 0.15) is 11.6 Å². The third-order valence-corrected chi connectivity index (χ3v) is 3.66. The molecule has 0 bridgehead atoms. The van der Waals surface area contributed by atoms with Crippen LogP contribution in [0.15, 0.2) is 22.7 Å². The molecule has 0 saturated carbocycles. The van der Waals surface area contributed by atoms with Crippen molar-refractivity contribution >= 4 is 27.8 Å². The Labute approximate surface area is 138 Å². The van der Waals surface area contributed by atoms with Crippen molar-refractivity contribution in [2.75, 3.05) is 24.3 Å². The van der Waals surface area contributed by atoms with Crippen LogP contribution in [-0.4, -0.2) is 34.2 Å². The molecular formula is C15H20BrN5O. The minimum atomic E-state index is 0.223. The van der Waals surface area contributed by atoms with Gasteiger partial charge in [-0.2, -0.15) is 15.0 Å². The van der Waals surface area contributed by atoms with E-state index in [1.54, 1.807) is 6.07 Å². The molecular weight excluding hydrogens is 346 g/mol. The first kappa shape index (κ1) is 16.5. The predicted molar refractivity (Wildman–Crippen MR) is 91.4 cm³/mol. The van der Waals surface area contributed by atoms with Crippen LogP contribution in [0.3, 0.4) is 0 Å².